The molecule has 178 valence electrons. The van der Waals surface area contributed by atoms with Crippen LogP contribution >= 0.6 is 11.3 Å². The van der Waals surface area contributed by atoms with E-state index in [0.29, 0.717) is 22.5 Å². The van der Waals surface area contributed by atoms with E-state index in [1.54, 1.807) is 6.07 Å². The Hall–Kier alpha value is -2.05. The Kier molecular flexibility index (Phi) is 6.07. The van der Waals surface area contributed by atoms with Gasteiger partial charge in [0.15, 0.2) is 10.8 Å². The highest BCUT2D eigenvalue weighted by atomic mass is 32.1. The van der Waals surface area contributed by atoms with Gasteiger partial charge < -0.3 is 4.74 Å². The lowest BCUT2D eigenvalue weighted by molar-refractivity contribution is -0.138. The molecule has 1 aromatic carbocycles. The third-order valence-electron chi connectivity index (χ3n) is 8.18. The lowest BCUT2D eigenvalue weighted by atomic mass is 9.76. The summed E-state index contributed by atoms with van der Waals surface area (Å²) in [5.41, 5.74) is 2.26. The first-order valence-electron chi connectivity index (χ1n) is 11.8. The number of hydrogen-bond acceptors (Lipinski definition) is 5. The van der Waals surface area contributed by atoms with E-state index in [0.717, 1.165) is 28.0 Å². The zero-order valence-electron chi connectivity index (χ0n) is 20.8. The molecule has 1 saturated carbocycles. The number of thiophene rings is 1. The normalized spacial score (nSPS) is 28.7. The van der Waals surface area contributed by atoms with Crippen LogP contribution in [0.25, 0.3) is 0 Å². The second-order valence-corrected chi connectivity index (χ2v) is 11.3. The first-order chi connectivity index (χ1) is 15.4. The number of nitrogens with zero attached hydrogens (tertiary/aromatic N) is 1. The van der Waals surface area contributed by atoms with Crippen molar-refractivity contribution in [2.75, 3.05) is 0 Å². The van der Waals surface area contributed by atoms with E-state index < -0.39 is 5.54 Å². The fraction of sp³-hybridized carbons (Fsp3) is 0.556. The minimum atomic E-state index is -1.11. The Morgan fingerprint density at radius 1 is 1.15 bits per heavy atom. The molecular weight excluding hydrogens is 437 g/mol. The van der Waals surface area contributed by atoms with Gasteiger partial charge in [0.05, 0.1) is 0 Å². The number of aryl methyl sites for hydroxylation is 1. The molecule has 6 heteroatoms. The fourth-order valence-corrected chi connectivity index (χ4v) is 7.33. The molecule has 2 aromatic rings. The van der Waals surface area contributed by atoms with Crippen molar-refractivity contribution >= 4 is 23.1 Å². The molecule has 2 heterocycles. The maximum Gasteiger partial charge on any atom is 0.308 e. The number of ether oxygens (including phenoxy) is 1. The third kappa shape index (κ3) is 3.75. The van der Waals surface area contributed by atoms with E-state index in [4.69, 9.17) is 4.74 Å². The number of hydrogen-bond donors (Lipinski definition) is 0. The number of esters is 1. The van der Waals surface area contributed by atoms with Gasteiger partial charge in [0.2, 0.25) is 0 Å². The number of carbonyl (C=O) groups is 2. The Morgan fingerprint density at radius 2 is 1.79 bits per heavy atom. The van der Waals surface area contributed by atoms with Crippen LogP contribution in [0, 0.1) is 37.4 Å². The van der Waals surface area contributed by atoms with Crippen molar-refractivity contribution < 1.29 is 18.7 Å². The number of fused-ring (bicyclic) bond motifs is 1. The number of Topliss-reactive ketones (excluding diaryl/α,β-unsaturated/α-hetero) is 1. The molecule has 1 aliphatic carbocycles. The van der Waals surface area contributed by atoms with Crippen molar-refractivity contribution in [3.8, 4) is 5.06 Å². The summed E-state index contributed by atoms with van der Waals surface area (Å²) in [5, 5.41) is 0.573. The van der Waals surface area contributed by atoms with E-state index in [1.165, 1.54) is 24.3 Å². The van der Waals surface area contributed by atoms with E-state index >= 15 is 4.39 Å². The number of rotatable bonds is 5. The molecule has 0 N–H and O–H groups in total. The molecule has 4 rings (SSSR count). The van der Waals surface area contributed by atoms with E-state index in [1.807, 2.05) is 26.8 Å². The first kappa shape index (κ1) is 24.1. The van der Waals surface area contributed by atoms with Gasteiger partial charge >= 0.3 is 5.97 Å². The Labute approximate surface area is 200 Å². The molecular formula is C27H34FNO3S. The molecule has 1 aliphatic heterocycles. The molecule has 0 amide bonds. The van der Waals surface area contributed by atoms with Crippen LogP contribution in [0.1, 0.15) is 74.7 Å². The zero-order chi connectivity index (χ0) is 24.4. The summed E-state index contributed by atoms with van der Waals surface area (Å²) >= 11 is 1.49. The molecule has 0 bridgehead atoms. The molecule has 33 heavy (non-hydrogen) atoms. The van der Waals surface area contributed by atoms with Crippen molar-refractivity contribution in [1.82, 2.24) is 4.90 Å². The molecule has 4 nitrogen and oxygen atoms in total. The summed E-state index contributed by atoms with van der Waals surface area (Å²) in [6.07, 6.45) is 0.719. The minimum absolute atomic E-state index is 0.00829. The highest BCUT2D eigenvalue weighted by molar-refractivity contribution is 7.14. The van der Waals surface area contributed by atoms with Crippen LogP contribution in [0.4, 0.5) is 4.39 Å². The lowest BCUT2D eigenvalue weighted by Crippen LogP contribution is -2.58. The number of halogens is 1. The summed E-state index contributed by atoms with van der Waals surface area (Å²) < 4.78 is 21.0. The molecule has 0 saturated heterocycles. The van der Waals surface area contributed by atoms with Gasteiger partial charge in [-0.15, -0.1) is 11.3 Å². The predicted octanol–water partition coefficient (Wildman–Crippen LogP) is 6.12. The second-order valence-electron chi connectivity index (χ2n) is 10.2. The second kappa shape index (κ2) is 8.31. The van der Waals surface area contributed by atoms with Crippen molar-refractivity contribution in [2.45, 2.75) is 79.4 Å². The smallest absolute Gasteiger partial charge is 0.308 e. The van der Waals surface area contributed by atoms with Crippen molar-refractivity contribution in [1.29, 1.82) is 0 Å². The minimum Gasteiger partial charge on any atom is -0.416 e. The molecule has 0 spiro atoms. The molecule has 1 fully saturated rings. The average Bonchev–Trinajstić information content (AvgIpc) is 3.11. The van der Waals surface area contributed by atoms with Gasteiger partial charge in [0.1, 0.15) is 11.4 Å². The van der Waals surface area contributed by atoms with Crippen molar-refractivity contribution in [3.63, 3.8) is 0 Å². The van der Waals surface area contributed by atoms with Crippen LogP contribution in [0.3, 0.4) is 0 Å². The van der Waals surface area contributed by atoms with Gasteiger partial charge in [-0.2, -0.15) is 0 Å². The quantitative estimate of drug-likeness (QED) is 0.493. The van der Waals surface area contributed by atoms with Crippen LogP contribution < -0.4 is 4.74 Å². The molecule has 1 aromatic heterocycles. The van der Waals surface area contributed by atoms with Crippen LogP contribution in [0.5, 0.6) is 5.06 Å². The van der Waals surface area contributed by atoms with Gasteiger partial charge in [-0.3, -0.25) is 14.5 Å². The van der Waals surface area contributed by atoms with E-state index in [-0.39, 0.29) is 35.6 Å². The van der Waals surface area contributed by atoms with Crippen LogP contribution in [0.2, 0.25) is 0 Å². The van der Waals surface area contributed by atoms with Crippen LogP contribution in [0.15, 0.2) is 18.2 Å². The monoisotopic (exact) mass is 471 g/mol. The largest absolute Gasteiger partial charge is 0.416 e. The Bertz CT molecular complexity index is 1120. The lowest BCUT2D eigenvalue weighted by Gasteiger charge is -2.50. The summed E-state index contributed by atoms with van der Waals surface area (Å²) in [6, 6.07) is 5.07. The molecule has 2 aliphatic rings. The summed E-state index contributed by atoms with van der Waals surface area (Å²) in [7, 11) is 0. The number of carbonyl (C=O) groups excluding carboxylic acids is 2. The predicted molar refractivity (Wildman–Crippen MR) is 129 cm³/mol. The van der Waals surface area contributed by atoms with Gasteiger partial charge in [0, 0.05) is 35.4 Å². The molecule has 5 atom stereocenters. The maximum absolute atomic E-state index is 15.6. The Balaban J connectivity index is 1.88. The zero-order valence-corrected chi connectivity index (χ0v) is 21.6. The van der Waals surface area contributed by atoms with Gasteiger partial charge in [-0.25, -0.2) is 4.39 Å². The first-order valence-corrected chi connectivity index (χ1v) is 12.6. The van der Waals surface area contributed by atoms with Crippen molar-refractivity contribution in [2.24, 2.45) is 17.8 Å². The fourth-order valence-electron chi connectivity index (χ4n) is 6.07. The number of ketones is 1. The number of benzene rings is 1. The van der Waals surface area contributed by atoms with Gasteiger partial charge in [0.25, 0.3) is 0 Å². The summed E-state index contributed by atoms with van der Waals surface area (Å²) in [4.78, 5) is 29.1. The topological polar surface area (TPSA) is 46.6 Å². The standard InChI is InChI=1S/C27H34FNO3S/c1-13-9-10-21(28)25(15(13)3)27(8,26(31)24-16(4)17(24)5)29-14(2)11-22-20(18(29)6)12-23(33-22)32-19(7)30/h9-10,12,14,16-18,24H,11H2,1-8H3. The van der Waals surface area contributed by atoms with Crippen LogP contribution in [-0.2, 0) is 21.5 Å². The Morgan fingerprint density at radius 3 is 2.36 bits per heavy atom. The maximum atomic E-state index is 15.6. The molecule has 5 unspecified atom stereocenters. The highest BCUT2D eigenvalue weighted by Crippen LogP contribution is 2.54. The van der Waals surface area contributed by atoms with Crippen molar-refractivity contribution in [3.05, 3.63) is 51.1 Å². The van der Waals surface area contributed by atoms with Crippen LogP contribution in [-0.4, -0.2) is 22.7 Å². The molecule has 0 radical (unpaired) electrons. The highest BCUT2D eigenvalue weighted by Gasteiger charge is 2.58. The van der Waals surface area contributed by atoms with Gasteiger partial charge in [-0.05, 0) is 81.7 Å². The van der Waals surface area contributed by atoms with E-state index in [9.17, 15) is 9.59 Å². The van der Waals surface area contributed by atoms with Gasteiger partial charge in [-0.1, -0.05) is 19.9 Å². The SMILES string of the molecule is CC(=O)Oc1cc2c(s1)CC(C)N(C(C)(C(=O)C1C(C)C1C)c1c(F)ccc(C)c1C)C2C. The summed E-state index contributed by atoms with van der Waals surface area (Å²) in [6.45, 7) is 15.6. The third-order valence-corrected chi connectivity index (χ3v) is 9.23. The average molecular weight is 472 g/mol. The van der Waals surface area contributed by atoms with E-state index in [2.05, 4.69) is 32.6 Å². The summed E-state index contributed by atoms with van der Waals surface area (Å²) in [5.74, 6) is -0.0476.